The highest BCUT2D eigenvalue weighted by atomic mass is 16.4. The largest absolute Gasteiger partial charge is 0.480 e. The topological polar surface area (TPSA) is 235 Å². The summed E-state index contributed by atoms with van der Waals surface area (Å²) < 4.78 is 0. The summed E-state index contributed by atoms with van der Waals surface area (Å²) in [5.74, 6) is -3.80. The molecule has 0 aromatic rings. The number of carboxylic acids is 1. The molecule has 172 valence electrons. The van der Waals surface area contributed by atoms with E-state index in [0.29, 0.717) is 6.42 Å². The van der Waals surface area contributed by atoms with Crippen molar-refractivity contribution >= 4 is 29.7 Å². The third-order valence-corrected chi connectivity index (χ3v) is 4.09. The van der Waals surface area contributed by atoms with Gasteiger partial charge in [-0.1, -0.05) is 13.8 Å². The van der Waals surface area contributed by atoms with Crippen LogP contribution in [0, 0.1) is 5.92 Å². The summed E-state index contributed by atoms with van der Waals surface area (Å²) in [5.41, 5.74) is 15.9. The van der Waals surface area contributed by atoms with Crippen LogP contribution in [-0.2, 0) is 19.2 Å². The molecular weight excluding hydrogens is 398 g/mol. The van der Waals surface area contributed by atoms with E-state index in [1.165, 1.54) is 6.92 Å². The number of rotatable bonds is 13. The zero-order valence-corrected chi connectivity index (χ0v) is 17.4. The monoisotopic (exact) mass is 431 g/mol. The molecule has 0 aliphatic carbocycles. The van der Waals surface area contributed by atoms with Crippen molar-refractivity contribution in [3.63, 3.8) is 0 Å². The minimum absolute atomic E-state index is 0.120. The number of carboxylic acid groups (broad SMARTS) is 1. The Balaban J connectivity index is 5.09. The van der Waals surface area contributed by atoms with Crippen LogP contribution in [-0.4, -0.2) is 77.2 Å². The van der Waals surface area contributed by atoms with Gasteiger partial charge in [0.05, 0.1) is 6.61 Å². The van der Waals surface area contributed by atoms with E-state index in [-0.39, 0.29) is 24.8 Å². The van der Waals surface area contributed by atoms with Crippen molar-refractivity contribution in [3.8, 4) is 0 Å². The molecule has 4 atom stereocenters. The van der Waals surface area contributed by atoms with Crippen molar-refractivity contribution in [1.29, 1.82) is 0 Å². The van der Waals surface area contributed by atoms with E-state index >= 15 is 0 Å². The Morgan fingerprint density at radius 2 is 1.57 bits per heavy atom. The van der Waals surface area contributed by atoms with Gasteiger partial charge in [-0.25, -0.2) is 4.79 Å². The van der Waals surface area contributed by atoms with Crippen LogP contribution in [0.4, 0.5) is 0 Å². The fraction of sp³-hybridized carbons (Fsp3) is 0.706. The van der Waals surface area contributed by atoms with Gasteiger partial charge < -0.3 is 43.4 Å². The Bertz CT molecular complexity index is 636. The van der Waals surface area contributed by atoms with E-state index in [1.54, 1.807) is 13.8 Å². The lowest BCUT2D eigenvalue weighted by atomic mass is 10.0. The molecule has 0 aromatic heterocycles. The van der Waals surface area contributed by atoms with Crippen molar-refractivity contribution in [1.82, 2.24) is 16.0 Å². The molecule has 0 radical (unpaired) electrons. The number of nitrogens with zero attached hydrogens (tertiary/aromatic N) is 1. The molecule has 0 bridgehead atoms. The number of carbonyl (C=O) groups excluding carboxylic acids is 3. The molecule has 30 heavy (non-hydrogen) atoms. The lowest BCUT2D eigenvalue weighted by Gasteiger charge is -2.24. The summed E-state index contributed by atoms with van der Waals surface area (Å²) in [6.07, 6.45) is 0.463. The van der Waals surface area contributed by atoms with Crippen LogP contribution in [0.25, 0.3) is 0 Å². The predicted octanol–water partition coefficient (Wildman–Crippen LogP) is -3.43. The quantitative estimate of drug-likeness (QED) is 0.0821. The minimum atomic E-state index is -1.22. The number of hydrogen-bond acceptors (Lipinski definition) is 7. The average molecular weight is 431 g/mol. The normalized spacial score (nSPS) is 14.7. The van der Waals surface area contributed by atoms with Crippen molar-refractivity contribution in [3.05, 3.63) is 0 Å². The minimum Gasteiger partial charge on any atom is -0.480 e. The third kappa shape index (κ3) is 10.0. The molecule has 0 saturated carbocycles. The predicted molar refractivity (Wildman–Crippen MR) is 109 cm³/mol. The van der Waals surface area contributed by atoms with E-state index in [0.717, 1.165) is 0 Å². The molecule has 4 unspecified atom stereocenters. The lowest BCUT2D eigenvalue weighted by molar-refractivity contribution is -0.143. The fourth-order valence-electron chi connectivity index (χ4n) is 2.31. The molecule has 0 aliphatic rings. The number of hydrogen-bond donors (Lipinski definition) is 8. The maximum absolute atomic E-state index is 12.6. The van der Waals surface area contributed by atoms with E-state index < -0.39 is 54.5 Å². The molecule has 0 saturated heterocycles. The lowest BCUT2D eigenvalue weighted by Crippen LogP contribution is -2.57. The SMILES string of the molecule is CC(NC(=O)C(CCCN=C(N)N)NC(=O)C(N)CO)C(=O)NC(C(=O)O)C(C)C. The maximum Gasteiger partial charge on any atom is 0.326 e. The second-order valence-corrected chi connectivity index (χ2v) is 7.10. The van der Waals surface area contributed by atoms with E-state index in [4.69, 9.17) is 27.4 Å². The first-order chi connectivity index (χ1) is 13.9. The summed E-state index contributed by atoms with van der Waals surface area (Å²) in [4.78, 5) is 51.8. The first-order valence-corrected chi connectivity index (χ1v) is 9.46. The zero-order valence-electron chi connectivity index (χ0n) is 17.4. The summed E-state index contributed by atoms with van der Waals surface area (Å²) >= 11 is 0. The summed E-state index contributed by atoms with van der Waals surface area (Å²) in [6, 6.07) is -4.47. The molecule has 0 aromatic carbocycles. The van der Waals surface area contributed by atoms with Crippen LogP contribution >= 0.6 is 0 Å². The second-order valence-electron chi connectivity index (χ2n) is 7.10. The summed E-state index contributed by atoms with van der Waals surface area (Å²) in [6.45, 7) is 4.24. The summed E-state index contributed by atoms with van der Waals surface area (Å²) in [7, 11) is 0. The molecule has 13 heteroatoms. The number of carbonyl (C=O) groups is 4. The van der Waals surface area contributed by atoms with Gasteiger partial charge in [0.2, 0.25) is 17.7 Å². The highest BCUT2D eigenvalue weighted by Crippen LogP contribution is 2.04. The Hall–Kier alpha value is -2.93. The zero-order chi connectivity index (χ0) is 23.4. The number of aliphatic hydroxyl groups excluding tert-OH is 1. The molecule has 0 spiro atoms. The van der Waals surface area contributed by atoms with Gasteiger partial charge in [0.15, 0.2) is 5.96 Å². The van der Waals surface area contributed by atoms with Gasteiger partial charge in [-0.3, -0.25) is 19.4 Å². The third-order valence-electron chi connectivity index (χ3n) is 4.09. The van der Waals surface area contributed by atoms with Crippen LogP contribution in [0.3, 0.4) is 0 Å². The Labute approximate surface area is 174 Å². The molecule has 11 N–H and O–H groups in total. The van der Waals surface area contributed by atoms with E-state index in [9.17, 15) is 19.2 Å². The Kier molecular flexibility index (Phi) is 12.0. The van der Waals surface area contributed by atoms with Crippen LogP contribution in [0.15, 0.2) is 4.99 Å². The van der Waals surface area contributed by atoms with E-state index in [1.807, 2.05) is 0 Å². The van der Waals surface area contributed by atoms with Crippen LogP contribution in [0.5, 0.6) is 0 Å². The maximum atomic E-state index is 12.6. The highest BCUT2D eigenvalue weighted by Gasteiger charge is 2.29. The van der Waals surface area contributed by atoms with Crippen molar-refractivity contribution in [2.75, 3.05) is 13.2 Å². The van der Waals surface area contributed by atoms with Gasteiger partial charge in [-0.2, -0.15) is 0 Å². The van der Waals surface area contributed by atoms with Crippen molar-refractivity contribution in [2.45, 2.75) is 57.8 Å². The fourth-order valence-corrected chi connectivity index (χ4v) is 2.31. The van der Waals surface area contributed by atoms with Gasteiger partial charge >= 0.3 is 5.97 Å². The van der Waals surface area contributed by atoms with Gasteiger partial charge in [0.25, 0.3) is 0 Å². The number of aliphatic imine (C=N–C) groups is 1. The van der Waals surface area contributed by atoms with Crippen LogP contribution in [0.2, 0.25) is 0 Å². The van der Waals surface area contributed by atoms with Crippen LogP contribution in [0.1, 0.15) is 33.6 Å². The number of nitrogens with two attached hydrogens (primary N) is 3. The standard InChI is InChI=1S/C17H33N7O6/c1-8(2)12(16(29)30)24-13(26)9(3)22-15(28)11(5-4-6-21-17(19)20)23-14(27)10(18)7-25/h8-12,25H,4-7,18H2,1-3H3,(H,22,28)(H,23,27)(H,24,26)(H,29,30)(H4,19,20,21). The average Bonchev–Trinajstić information content (AvgIpc) is 2.66. The molecule has 3 amide bonds. The van der Waals surface area contributed by atoms with Crippen LogP contribution < -0.4 is 33.2 Å². The first kappa shape index (κ1) is 27.1. The smallest absolute Gasteiger partial charge is 0.326 e. The Morgan fingerprint density at radius 3 is 2.03 bits per heavy atom. The number of aliphatic hydroxyl groups is 1. The molecule has 0 fully saturated rings. The molecule has 0 rings (SSSR count). The highest BCUT2D eigenvalue weighted by molar-refractivity contribution is 5.93. The number of nitrogens with one attached hydrogen (secondary N) is 3. The van der Waals surface area contributed by atoms with Gasteiger partial charge in [-0.05, 0) is 25.7 Å². The van der Waals surface area contributed by atoms with Gasteiger partial charge in [0.1, 0.15) is 24.2 Å². The number of guanidine groups is 1. The number of aliphatic carboxylic acids is 1. The number of amides is 3. The van der Waals surface area contributed by atoms with Crippen molar-refractivity contribution < 1.29 is 29.4 Å². The second kappa shape index (κ2) is 13.3. The van der Waals surface area contributed by atoms with Crippen molar-refractivity contribution in [2.24, 2.45) is 28.1 Å². The first-order valence-electron chi connectivity index (χ1n) is 9.46. The molecular formula is C17H33N7O6. The Morgan fingerprint density at radius 1 is 0.967 bits per heavy atom. The molecule has 0 aliphatic heterocycles. The molecule has 13 nitrogen and oxygen atoms in total. The van der Waals surface area contributed by atoms with Gasteiger partial charge in [-0.15, -0.1) is 0 Å². The summed E-state index contributed by atoms with van der Waals surface area (Å²) in [5, 5.41) is 25.3. The van der Waals surface area contributed by atoms with E-state index in [2.05, 4.69) is 20.9 Å². The molecule has 0 heterocycles. The van der Waals surface area contributed by atoms with Gasteiger partial charge in [0, 0.05) is 6.54 Å².